The molecule has 5 aromatic carbocycles. The molecule has 2 heterocycles. The first kappa shape index (κ1) is 32.2. The molecule has 0 fully saturated rings. The molecule has 0 spiro atoms. The first-order chi connectivity index (χ1) is 24.9. The third-order valence-electron chi connectivity index (χ3n) is 10.1. The van der Waals surface area contributed by atoms with Crippen LogP contribution in [0.25, 0.3) is 39.1 Å². The van der Waals surface area contributed by atoms with Crippen LogP contribution in [0.4, 0.5) is 0 Å². The quantitative estimate of drug-likeness (QED) is 0.177. The van der Waals surface area contributed by atoms with E-state index in [1.165, 1.54) is 50.1 Å². The van der Waals surface area contributed by atoms with E-state index in [9.17, 15) is 0 Å². The van der Waals surface area contributed by atoms with E-state index in [0.717, 1.165) is 63.5 Å². The Hall–Kier alpha value is -5.99. The van der Waals surface area contributed by atoms with Gasteiger partial charge < -0.3 is 4.98 Å². The summed E-state index contributed by atoms with van der Waals surface area (Å²) in [5, 5.41) is 0. The molecule has 1 N–H and O–H groups in total. The number of hydrogen-bond donors (Lipinski definition) is 1. The lowest BCUT2D eigenvalue weighted by Crippen LogP contribution is -2.00. The highest BCUT2D eigenvalue weighted by Crippen LogP contribution is 2.44. The minimum atomic E-state index is 0.973. The number of hydrogen-bond acceptors (Lipinski definition) is 1. The SMILES string of the molecule is CC1=CC=C(c2cc(-c3ccc(C)cc3)[nH]c2/C(=C2\N=C(c3ccc(C)cc3)C=C2c2ccc(C)cc2)c2ccc(-c3ccccc3)cc2)CC1. The van der Waals surface area contributed by atoms with Crippen molar-refractivity contribution >= 4 is 22.4 Å². The van der Waals surface area contributed by atoms with Gasteiger partial charge in [0.1, 0.15) is 0 Å². The predicted octanol–water partition coefficient (Wildman–Crippen LogP) is 12.7. The Labute approximate surface area is 302 Å². The van der Waals surface area contributed by atoms with E-state index < -0.39 is 0 Å². The van der Waals surface area contributed by atoms with Crippen LogP contribution in [0.15, 0.2) is 168 Å². The summed E-state index contributed by atoms with van der Waals surface area (Å²) in [6.45, 7) is 8.64. The maximum Gasteiger partial charge on any atom is 0.0815 e. The van der Waals surface area contributed by atoms with Gasteiger partial charge in [-0.2, -0.15) is 0 Å². The number of nitrogens with one attached hydrogen (secondary N) is 1. The Balaban J connectivity index is 1.42. The second-order valence-electron chi connectivity index (χ2n) is 14.0. The maximum atomic E-state index is 5.55. The maximum absolute atomic E-state index is 5.55. The fourth-order valence-corrected chi connectivity index (χ4v) is 7.05. The van der Waals surface area contributed by atoms with Crippen molar-refractivity contribution in [3.05, 3.63) is 208 Å². The highest BCUT2D eigenvalue weighted by Gasteiger charge is 2.27. The van der Waals surface area contributed by atoms with E-state index in [2.05, 4.69) is 184 Å². The molecule has 0 unspecified atom stereocenters. The second-order valence-corrected chi connectivity index (χ2v) is 14.0. The van der Waals surface area contributed by atoms with Gasteiger partial charge in [-0.3, -0.25) is 0 Å². The normalized spacial score (nSPS) is 15.2. The van der Waals surface area contributed by atoms with Gasteiger partial charge in [0.15, 0.2) is 0 Å². The number of aromatic nitrogens is 1. The lowest BCUT2D eigenvalue weighted by atomic mass is 9.87. The molecule has 0 atom stereocenters. The zero-order valence-corrected chi connectivity index (χ0v) is 29.8. The molecule has 0 amide bonds. The first-order valence-corrected chi connectivity index (χ1v) is 17.9. The third kappa shape index (κ3) is 6.66. The molecule has 0 saturated carbocycles. The number of allylic oxidation sites excluding steroid dienone is 6. The van der Waals surface area contributed by atoms with Crippen LogP contribution in [0.3, 0.4) is 0 Å². The van der Waals surface area contributed by atoms with Gasteiger partial charge in [0, 0.05) is 28.0 Å². The van der Waals surface area contributed by atoms with Gasteiger partial charge in [0.2, 0.25) is 0 Å². The molecule has 248 valence electrons. The molecular formula is C49H42N2. The molecule has 2 nitrogen and oxygen atoms in total. The molecule has 0 radical (unpaired) electrons. The van der Waals surface area contributed by atoms with Crippen LogP contribution in [-0.2, 0) is 0 Å². The molecule has 51 heavy (non-hydrogen) atoms. The second kappa shape index (κ2) is 13.7. The van der Waals surface area contributed by atoms with Crippen LogP contribution in [0, 0.1) is 20.8 Å². The van der Waals surface area contributed by atoms with Crippen LogP contribution < -0.4 is 0 Å². The Bertz CT molecular complexity index is 2370. The van der Waals surface area contributed by atoms with Crippen molar-refractivity contribution in [2.45, 2.75) is 40.5 Å². The zero-order valence-electron chi connectivity index (χ0n) is 29.8. The van der Waals surface area contributed by atoms with E-state index in [1.807, 2.05) is 0 Å². The minimum Gasteiger partial charge on any atom is -0.354 e. The lowest BCUT2D eigenvalue weighted by molar-refractivity contribution is 0.976. The third-order valence-corrected chi connectivity index (χ3v) is 10.1. The highest BCUT2D eigenvalue weighted by atomic mass is 14.8. The van der Waals surface area contributed by atoms with Crippen molar-refractivity contribution in [1.29, 1.82) is 0 Å². The number of aromatic amines is 1. The molecule has 0 bridgehead atoms. The van der Waals surface area contributed by atoms with Crippen LogP contribution >= 0.6 is 0 Å². The van der Waals surface area contributed by atoms with Crippen molar-refractivity contribution in [1.82, 2.24) is 4.98 Å². The molecule has 1 aliphatic carbocycles. The molecule has 2 aliphatic rings. The van der Waals surface area contributed by atoms with Crippen LogP contribution in [0.2, 0.25) is 0 Å². The molecule has 6 aromatic rings. The molecular weight excluding hydrogens is 617 g/mol. The Kier molecular flexibility index (Phi) is 8.67. The monoisotopic (exact) mass is 658 g/mol. The average molecular weight is 659 g/mol. The lowest BCUT2D eigenvalue weighted by Gasteiger charge is -2.18. The number of aryl methyl sites for hydroxylation is 3. The smallest absolute Gasteiger partial charge is 0.0815 e. The Morgan fingerprint density at radius 3 is 1.73 bits per heavy atom. The molecule has 8 rings (SSSR count). The van der Waals surface area contributed by atoms with Gasteiger partial charge in [-0.15, -0.1) is 0 Å². The van der Waals surface area contributed by atoms with E-state index in [4.69, 9.17) is 4.99 Å². The molecule has 1 aromatic heterocycles. The van der Waals surface area contributed by atoms with Gasteiger partial charge in [-0.05, 0) is 86.1 Å². The van der Waals surface area contributed by atoms with Crippen LogP contribution in [-0.4, -0.2) is 10.7 Å². The number of benzene rings is 5. The van der Waals surface area contributed by atoms with Crippen molar-refractivity contribution < 1.29 is 0 Å². The van der Waals surface area contributed by atoms with Crippen molar-refractivity contribution in [2.24, 2.45) is 4.99 Å². The summed E-state index contributed by atoms with van der Waals surface area (Å²) < 4.78 is 0. The standard InChI is InChI=1S/C49H42N2/c1-32-10-18-38(19-11-32)43-30-45(40-22-14-34(3)15-23-40)50-48(43)47(42-28-26-37(27-29-42)36-8-6-5-7-9-36)49-44(39-20-12-33(2)13-21-39)31-46(51-49)41-24-16-35(4)17-25-41/h5-12,14-20,22-31,51H,13,21H2,1-4H3/b48-47-. The number of rotatable bonds is 7. The zero-order chi connectivity index (χ0) is 34.9. The predicted molar refractivity (Wildman–Crippen MR) is 217 cm³/mol. The average Bonchev–Trinajstić information content (AvgIpc) is 3.80. The van der Waals surface area contributed by atoms with Gasteiger partial charge in [-0.1, -0.05) is 162 Å². The summed E-state index contributed by atoms with van der Waals surface area (Å²) in [5.74, 6) is 0. The number of aliphatic imine (C=N–C) groups is 1. The summed E-state index contributed by atoms with van der Waals surface area (Å²) in [6.07, 6.45) is 8.92. The fourth-order valence-electron chi connectivity index (χ4n) is 7.05. The summed E-state index contributed by atoms with van der Waals surface area (Å²) >= 11 is 0. The van der Waals surface area contributed by atoms with E-state index in [-0.39, 0.29) is 0 Å². The first-order valence-electron chi connectivity index (χ1n) is 17.9. The fraction of sp³-hybridized carbons (Fsp3) is 0.122. The van der Waals surface area contributed by atoms with Crippen molar-refractivity contribution in [2.75, 3.05) is 0 Å². The van der Waals surface area contributed by atoms with Gasteiger partial charge >= 0.3 is 0 Å². The molecule has 0 saturated heterocycles. The van der Waals surface area contributed by atoms with Crippen LogP contribution in [0.1, 0.15) is 64.4 Å². The van der Waals surface area contributed by atoms with E-state index in [0.29, 0.717) is 0 Å². The largest absolute Gasteiger partial charge is 0.354 e. The molecule has 1 aliphatic heterocycles. The topological polar surface area (TPSA) is 28.1 Å². The van der Waals surface area contributed by atoms with Gasteiger partial charge in [0.25, 0.3) is 0 Å². The Morgan fingerprint density at radius 2 is 1.12 bits per heavy atom. The highest BCUT2D eigenvalue weighted by molar-refractivity contribution is 6.20. The number of H-pyrrole nitrogens is 1. The number of nitrogens with zero attached hydrogens (tertiary/aromatic N) is 1. The van der Waals surface area contributed by atoms with Crippen molar-refractivity contribution in [3.63, 3.8) is 0 Å². The summed E-state index contributed by atoms with van der Waals surface area (Å²) in [5.41, 5.74) is 21.0. The minimum absolute atomic E-state index is 0.973. The molecule has 2 heteroatoms. The van der Waals surface area contributed by atoms with Gasteiger partial charge in [0.05, 0.1) is 17.1 Å². The van der Waals surface area contributed by atoms with Gasteiger partial charge in [-0.25, -0.2) is 4.99 Å². The van der Waals surface area contributed by atoms with E-state index in [1.54, 1.807) is 0 Å². The Morgan fingerprint density at radius 1 is 0.549 bits per heavy atom. The summed E-state index contributed by atoms with van der Waals surface area (Å²) in [4.78, 5) is 9.52. The van der Waals surface area contributed by atoms with Crippen LogP contribution in [0.5, 0.6) is 0 Å². The summed E-state index contributed by atoms with van der Waals surface area (Å²) in [6, 6.07) is 48.4. The summed E-state index contributed by atoms with van der Waals surface area (Å²) in [7, 11) is 0. The van der Waals surface area contributed by atoms with Crippen molar-refractivity contribution in [3.8, 4) is 22.4 Å². The van der Waals surface area contributed by atoms with E-state index >= 15 is 0 Å².